The van der Waals surface area contributed by atoms with Crippen LogP contribution in [0.1, 0.15) is 43.0 Å². The molecule has 2 aliphatic rings. The molecule has 4 rings (SSSR count). The summed E-state index contributed by atoms with van der Waals surface area (Å²) in [6, 6.07) is 15.6. The van der Waals surface area contributed by atoms with Crippen LogP contribution in [0.5, 0.6) is 11.5 Å². The van der Waals surface area contributed by atoms with Crippen LogP contribution in [-0.4, -0.2) is 24.1 Å². The van der Waals surface area contributed by atoms with Gasteiger partial charge in [0.15, 0.2) is 11.5 Å². The number of fused-ring (bicyclic) bond motifs is 1. The molecule has 3 atom stereocenters. The first-order valence-corrected chi connectivity index (χ1v) is 9.15. The lowest BCUT2D eigenvalue weighted by atomic mass is 9.93. The van der Waals surface area contributed by atoms with E-state index >= 15 is 0 Å². The van der Waals surface area contributed by atoms with Crippen LogP contribution in [0.3, 0.4) is 0 Å². The molecule has 2 aromatic carbocycles. The van der Waals surface area contributed by atoms with E-state index in [1.54, 1.807) is 0 Å². The van der Waals surface area contributed by atoms with Crippen LogP contribution in [0.15, 0.2) is 48.5 Å². The molecule has 1 fully saturated rings. The van der Waals surface area contributed by atoms with Crippen molar-refractivity contribution in [3.63, 3.8) is 0 Å². The molecule has 0 radical (unpaired) electrons. The fourth-order valence-corrected chi connectivity index (χ4v) is 3.88. The first kappa shape index (κ1) is 19.5. The topological polar surface area (TPSA) is 64.8 Å². The van der Waals surface area contributed by atoms with Crippen molar-refractivity contribution in [1.29, 1.82) is 0 Å². The van der Waals surface area contributed by atoms with E-state index in [1.165, 1.54) is 0 Å². The zero-order valence-corrected chi connectivity index (χ0v) is 16.2. The summed E-state index contributed by atoms with van der Waals surface area (Å²) in [6.45, 7) is 2.95. The first-order valence-electron chi connectivity index (χ1n) is 9.15. The summed E-state index contributed by atoms with van der Waals surface area (Å²) in [4.78, 5) is 15.1. The minimum absolute atomic E-state index is 0. The van der Waals surface area contributed by atoms with Crippen LogP contribution in [0.2, 0.25) is 0 Å². The van der Waals surface area contributed by atoms with E-state index in [1.807, 2.05) is 60.4 Å². The van der Waals surface area contributed by atoms with Crippen molar-refractivity contribution in [1.82, 2.24) is 4.90 Å². The lowest BCUT2D eigenvalue weighted by Crippen LogP contribution is -2.39. The number of carbonyl (C=O) groups is 1. The van der Waals surface area contributed by atoms with Gasteiger partial charge in [-0.3, -0.25) is 4.79 Å². The smallest absolute Gasteiger partial charge is 0.231 e. The molecule has 2 N–H and O–H groups in total. The van der Waals surface area contributed by atoms with Crippen molar-refractivity contribution in [3.8, 4) is 11.5 Å². The Balaban J connectivity index is 0.00000210. The zero-order chi connectivity index (χ0) is 18.1. The van der Waals surface area contributed by atoms with Gasteiger partial charge in [-0.1, -0.05) is 43.3 Å². The molecular formula is C21H25ClN2O3. The molecule has 2 aromatic rings. The summed E-state index contributed by atoms with van der Waals surface area (Å²) in [5, 5.41) is 0. The van der Waals surface area contributed by atoms with E-state index in [0.717, 1.165) is 42.0 Å². The number of nitrogens with zero attached hydrogens (tertiary/aromatic N) is 1. The second-order valence-electron chi connectivity index (χ2n) is 7.03. The molecular weight excluding hydrogens is 364 g/mol. The minimum Gasteiger partial charge on any atom is -0.454 e. The van der Waals surface area contributed by atoms with E-state index in [2.05, 4.69) is 0 Å². The highest BCUT2D eigenvalue weighted by Crippen LogP contribution is 2.39. The van der Waals surface area contributed by atoms with E-state index < -0.39 is 0 Å². The number of hydrogen-bond donors (Lipinski definition) is 1. The average molecular weight is 389 g/mol. The molecule has 6 heteroatoms. The zero-order valence-electron chi connectivity index (χ0n) is 15.3. The van der Waals surface area contributed by atoms with Crippen molar-refractivity contribution in [2.24, 2.45) is 11.7 Å². The number of carbonyl (C=O) groups excluding carboxylic acids is 1. The number of amides is 1. The van der Waals surface area contributed by atoms with Crippen molar-refractivity contribution >= 4 is 18.3 Å². The van der Waals surface area contributed by atoms with E-state index in [4.69, 9.17) is 15.2 Å². The highest BCUT2D eigenvalue weighted by molar-refractivity contribution is 5.85. The molecule has 1 saturated heterocycles. The van der Waals surface area contributed by atoms with E-state index in [0.29, 0.717) is 0 Å². The highest BCUT2D eigenvalue weighted by atomic mass is 35.5. The largest absolute Gasteiger partial charge is 0.454 e. The summed E-state index contributed by atoms with van der Waals surface area (Å²) in [5.74, 6) is 1.37. The van der Waals surface area contributed by atoms with Crippen molar-refractivity contribution in [2.45, 2.75) is 31.8 Å². The lowest BCUT2D eigenvalue weighted by Gasteiger charge is -2.30. The van der Waals surface area contributed by atoms with Gasteiger partial charge in [0.25, 0.3) is 0 Å². The van der Waals surface area contributed by atoms with Crippen LogP contribution < -0.4 is 15.2 Å². The second-order valence-corrected chi connectivity index (χ2v) is 7.03. The van der Waals surface area contributed by atoms with Crippen LogP contribution in [0.25, 0.3) is 0 Å². The predicted octanol–water partition coefficient (Wildman–Crippen LogP) is 3.84. The maximum Gasteiger partial charge on any atom is 0.231 e. The van der Waals surface area contributed by atoms with Gasteiger partial charge < -0.3 is 20.1 Å². The third-order valence-electron chi connectivity index (χ3n) is 5.43. The van der Waals surface area contributed by atoms with Gasteiger partial charge in [-0.2, -0.15) is 0 Å². The van der Waals surface area contributed by atoms with Gasteiger partial charge in [-0.25, -0.2) is 0 Å². The predicted molar refractivity (Wildman–Crippen MR) is 106 cm³/mol. The summed E-state index contributed by atoms with van der Waals surface area (Å²) in [6.07, 6.45) is 1.96. The molecule has 2 aliphatic heterocycles. The van der Waals surface area contributed by atoms with E-state index in [9.17, 15) is 4.79 Å². The average Bonchev–Trinajstić information content (AvgIpc) is 3.35. The SMILES string of the molecule is CC(C(=O)N1CCCC1c1ccc2c(c1)OCO2)C(N)c1ccccc1.Cl. The third kappa shape index (κ3) is 3.75. The first-order chi connectivity index (χ1) is 12.6. The standard InChI is InChI=1S/C21H24N2O3.ClH/c1-14(20(22)15-6-3-2-4-7-15)21(24)23-11-5-8-17(23)16-9-10-18-19(12-16)26-13-25-18;/h2-4,6-7,9-10,12,14,17,20H,5,8,11,13,22H2,1H3;1H. The lowest BCUT2D eigenvalue weighted by molar-refractivity contribution is -0.136. The molecule has 0 spiro atoms. The van der Waals surface area contributed by atoms with Crippen molar-refractivity contribution in [3.05, 3.63) is 59.7 Å². The van der Waals surface area contributed by atoms with Crippen LogP contribution in [-0.2, 0) is 4.79 Å². The van der Waals surface area contributed by atoms with Crippen LogP contribution in [0.4, 0.5) is 0 Å². The maximum atomic E-state index is 13.2. The normalized spacial score (nSPS) is 20.1. The highest BCUT2D eigenvalue weighted by Gasteiger charge is 2.35. The van der Waals surface area contributed by atoms with E-state index in [-0.39, 0.29) is 43.1 Å². The van der Waals surface area contributed by atoms with Gasteiger partial charge in [0.1, 0.15) is 0 Å². The van der Waals surface area contributed by atoms with Gasteiger partial charge >= 0.3 is 0 Å². The van der Waals surface area contributed by atoms with Gasteiger partial charge in [-0.05, 0) is 36.1 Å². The summed E-state index contributed by atoms with van der Waals surface area (Å²) in [5.41, 5.74) is 8.47. The number of benzene rings is 2. The van der Waals surface area contributed by atoms with Crippen molar-refractivity contribution in [2.75, 3.05) is 13.3 Å². The molecule has 144 valence electrons. The van der Waals surface area contributed by atoms with Crippen molar-refractivity contribution < 1.29 is 14.3 Å². The van der Waals surface area contributed by atoms with Gasteiger partial charge in [-0.15, -0.1) is 12.4 Å². The quantitative estimate of drug-likeness (QED) is 0.864. The molecule has 5 nitrogen and oxygen atoms in total. The second kappa shape index (κ2) is 8.19. The Morgan fingerprint density at radius 1 is 1.15 bits per heavy atom. The third-order valence-corrected chi connectivity index (χ3v) is 5.43. The number of nitrogens with two attached hydrogens (primary N) is 1. The molecule has 1 amide bonds. The number of ether oxygens (including phenoxy) is 2. The van der Waals surface area contributed by atoms with Gasteiger partial charge in [0.2, 0.25) is 12.7 Å². The fourth-order valence-electron chi connectivity index (χ4n) is 3.88. The molecule has 3 unspecified atom stereocenters. The van der Waals surface area contributed by atoms with Gasteiger partial charge in [0.05, 0.1) is 12.0 Å². The Labute approximate surface area is 165 Å². The van der Waals surface area contributed by atoms with Gasteiger partial charge in [0, 0.05) is 12.6 Å². The van der Waals surface area contributed by atoms with Crippen LogP contribution in [0, 0.1) is 5.92 Å². The molecule has 0 saturated carbocycles. The minimum atomic E-state index is -0.304. The Morgan fingerprint density at radius 2 is 1.89 bits per heavy atom. The number of likely N-dealkylation sites (tertiary alicyclic amines) is 1. The Bertz CT molecular complexity index is 799. The molecule has 0 aliphatic carbocycles. The monoisotopic (exact) mass is 388 g/mol. The molecule has 2 heterocycles. The van der Waals surface area contributed by atoms with Crippen LogP contribution >= 0.6 is 12.4 Å². The summed E-state index contributed by atoms with van der Waals surface area (Å²) in [7, 11) is 0. The summed E-state index contributed by atoms with van der Waals surface area (Å²) < 4.78 is 10.9. The number of halogens is 1. The number of rotatable bonds is 4. The maximum absolute atomic E-state index is 13.2. The Hall–Kier alpha value is -2.24. The Morgan fingerprint density at radius 3 is 2.67 bits per heavy atom. The molecule has 0 aromatic heterocycles. The Kier molecular flexibility index (Phi) is 5.92. The summed E-state index contributed by atoms with van der Waals surface area (Å²) >= 11 is 0. The number of hydrogen-bond acceptors (Lipinski definition) is 4. The molecule has 27 heavy (non-hydrogen) atoms. The fraction of sp³-hybridized carbons (Fsp3) is 0.381. The molecule has 0 bridgehead atoms.